The van der Waals surface area contributed by atoms with Crippen molar-refractivity contribution >= 4 is 23.4 Å². The van der Waals surface area contributed by atoms with Crippen molar-refractivity contribution in [2.24, 2.45) is 5.16 Å². The third-order valence-electron chi connectivity index (χ3n) is 3.23. The Labute approximate surface area is 147 Å². The monoisotopic (exact) mass is 339 g/mol. The maximum atomic E-state index is 11.0. The fourth-order valence-electron chi connectivity index (χ4n) is 2.09. The molecule has 0 amide bonds. The van der Waals surface area contributed by atoms with Crippen LogP contribution in [0.5, 0.6) is 0 Å². The van der Waals surface area contributed by atoms with Crippen molar-refractivity contribution in [1.29, 1.82) is 0 Å². The Hall–Kier alpha value is -2.33. The Balaban J connectivity index is 2.11. The van der Waals surface area contributed by atoms with Crippen LogP contribution in [0.1, 0.15) is 32.3 Å². The van der Waals surface area contributed by atoms with Gasteiger partial charge in [0.2, 0.25) is 0 Å². The Morgan fingerprint density at radius 1 is 1.08 bits per heavy atom. The van der Waals surface area contributed by atoms with Gasteiger partial charge in [-0.1, -0.05) is 59.4 Å². The van der Waals surface area contributed by atoms with E-state index in [1.54, 1.807) is 11.8 Å². The lowest BCUT2D eigenvalue weighted by atomic mass is 10.1. The summed E-state index contributed by atoms with van der Waals surface area (Å²) in [7, 11) is 0. The molecular weight excluding hydrogens is 318 g/mol. The van der Waals surface area contributed by atoms with Gasteiger partial charge in [0.15, 0.2) is 0 Å². The molecule has 0 aliphatic heterocycles. The van der Waals surface area contributed by atoms with Crippen LogP contribution >= 0.6 is 11.8 Å². The Morgan fingerprint density at radius 3 is 2.38 bits per heavy atom. The molecule has 24 heavy (non-hydrogen) atoms. The Kier molecular flexibility index (Phi) is 7.30. The van der Waals surface area contributed by atoms with Crippen molar-refractivity contribution in [3.8, 4) is 0 Å². The zero-order valence-corrected chi connectivity index (χ0v) is 14.8. The molecule has 2 rings (SSSR count). The highest BCUT2D eigenvalue weighted by molar-refractivity contribution is 7.99. The van der Waals surface area contributed by atoms with Gasteiger partial charge in [-0.15, -0.1) is 0 Å². The summed E-state index contributed by atoms with van der Waals surface area (Å²) in [5.74, 6) is -0.408. The molecular formula is C20H21NO2S. The number of oxime groups is 1. The summed E-state index contributed by atoms with van der Waals surface area (Å²) in [5.41, 5.74) is 1.75. The van der Waals surface area contributed by atoms with Crippen molar-refractivity contribution in [2.75, 3.05) is 0 Å². The normalized spacial score (nSPS) is 11.7. The Bertz CT molecular complexity index is 706. The van der Waals surface area contributed by atoms with E-state index in [4.69, 9.17) is 4.84 Å². The molecule has 0 bridgehead atoms. The average Bonchev–Trinajstić information content (AvgIpc) is 2.59. The highest BCUT2D eigenvalue weighted by atomic mass is 32.2. The lowest BCUT2D eigenvalue weighted by molar-refractivity contribution is -0.140. The minimum Gasteiger partial charge on any atom is -0.318 e. The molecule has 0 aliphatic carbocycles. The average molecular weight is 339 g/mol. The second kappa shape index (κ2) is 9.73. The molecule has 0 fully saturated rings. The van der Waals surface area contributed by atoms with E-state index in [1.165, 1.54) is 11.8 Å². The van der Waals surface area contributed by atoms with E-state index in [1.807, 2.05) is 43.3 Å². The summed E-state index contributed by atoms with van der Waals surface area (Å²) in [6.07, 6.45) is 5.66. The van der Waals surface area contributed by atoms with Crippen LogP contribution < -0.4 is 0 Å². The van der Waals surface area contributed by atoms with Crippen molar-refractivity contribution in [2.45, 2.75) is 36.5 Å². The first-order valence-electron chi connectivity index (χ1n) is 7.88. The Morgan fingerprint density at radius 2 is 1.75 bits per heavy atom. The number of carbonyl (C=O) groups is 1. The number of hydrogen-bond donors (Lipinski definition) is 0. The van der Waals surface area contributed by atoms with Gasteiger partial charge in [0.1, 0.15) is 0 Å². The maximum absolute atomic E-state index is 11.0. The molecule has 0 aliphatic rings. The number of benzene rings is 2. The minimum atomic E-state index is -0.408. The molecule has 0 unspecified atom stereocenters. The standard InChI is InChI=1S/C20H21NO2S/c1-3-4-6-11-20(21-23-16(2)22)17-12-14-19(15-13-17)24-18-9-7-5-8-10-18/h3-5,7-10,12-15H,6,11H2,1-2H3. The van der Waals surface area contributed by atoms with E-state index in [2.05, 4.69) is 35.5 Å². The van der Waals surface area contributed by atoms with Gasteiger partial charge >= 0.3 is 5.97 Å². The van der Waals surface area contributed by atoms with Gasteiger partial charge in [0.25, 0.3) is 0 Å². The lowest BCUT2D eigenvalue weighted by Gasteiger charge is -2.07. The second-order valence-electron chi connectivity index (χ2n) is 5.17. The summed E-state index contributed by atoms with van der Waals surface area (Å²) in [5, 5.41) is 4.01. The molecule has 2 aromatic carbocycles. The first-order chi connectivity index (χ1) is 11.7. The van der Waals surface area contributed by atoms with Crippen LogP contribution in [0.3, 0.4) is 0 Å². The predicted molar refractivity (Wildman–Crippen MR) is 99.4 cm³/mol. The number of rotatable bonds is 7. The molecule has 0 atom stereocenters. The van der Waals surface area contributed by atoms with E-state index in [9.17, 15) is 4.79 Å². The highest BCUT2D eigenvalue weighted by Gasteiger charge is 2.06. The van der Waals surface area contributed by atoms with Gasteiger partial charge in [-0.3, -0.25) is 0 Å². The van der Waals surface area contributed by atoms with E-state index in [-0.39, 0.29) is 0 Å². The smallest absolute Gasteiger partial charge is 0.318 e. The van der Waals surface area contributed by atoms with E-state index < -0.39 is 5.97 Å². The number of hydrogen-bond acceptors (Lipinski definition) is 4. The predicted octanol–water partition coefficient (Wildman–Crippen LogP) is 5.46. The van der Waals surface area contributed by atoms with Gasteiger partial charge in [-0.05, 0) is 49.6 Å². The number of carbonyl (C=O) groups excluding carboxylic acids is 1. The van der Waals surface area contributed by atoms with Crippen LogP contribution in [0.25, 0.3) is 0 Å². The van der Waals surface area contributed by atoms with Gasteiger partial charge in [0.05, 0.1) is 5.71 Å². The van der Waals surface area contributed by atoms with E-state index in [0.717, 1.165) is 29.0 Å². The molecule has 0 saturated heterocycles. The fraction of sp³-hybridized carbons (Fsp3) is 0.200. The SMILES string of the molecule is CC=CCCC(=NOC(C)=O)c1ccc(Sc2ccccc2)cc1. The number of nitrogens with zero attached hydrogens (tertiary/aromatic N) is 1. The lowest BCUT2D eigenvalue weighted by Crippen LogP contribution is -2.04. The quantitative estimate of drug-likeness (QED) is 0.291. The summed E-state index contributed by atoms with van der Waals surface area (Å²) in [6.45, 7) is 3.34. The topological polar surface area (TPSA) is 38.7 Å². The molecule has 0 saturated carbocycles. The van der Waals surface area contributed by atoms with Crippen molar-refractivity contribution in [3.05, 3.63) is 72.3 Å². The zero-order chi connectivity index (χ0) is 17.2. The number of allylic oxidation sites excluding steroid dienone is 2. The molecule has 0 aromatic heterocycles. The first kappa shape index (κ1) is 18.0. The van der Waals surface area contributed by atoms with Crippen LogP contribution in [0, 0.1) is 0 Å². The molecule has 0 radical (unpaired) electrons. The van der Waals surface area contributed by atoms with E-state index >= 15 is 0 Å². The van der Waals surface area contributed by atoms with Crippen LogP contribution in [-0.2, 0) is 9.63 Å². The van der Waals surface area contributed by atoms with Crippen LogP contribution in [0.15, 0.2) is 81.7 Å². The summed E-state index contributed by atoms with van der Waals surface area (Å²) in [6, 6.07) is 18.4. The van der Waals surface area contributed by atoms with Gasteiger partial charge in [0, 0.05) is 16.7 Å². The van der Waals surface area contributed by atoms with Crippen molar-refractivity contribution in [1.82, 2.24) is 0 Å². The highest BCUT2D eigenvalue weighted by Crippen LogP contribution is 2.27. The molecule has 0 spiro atoms. The largest absolute Gasteiger partial charge is 0.331 e. The molecule has 4 heteroatoms. The van der Waals surface area contributed by atoms with Crippen molar-refractivity contribution in [3.63, 3.8) is 0 Å². The molecule has 3 nitrogen and oxygen atoms in total. The summed E-state index contributed by atoms with van der Waals surface area (Å²) in [4.78, 5) is 18.2. The third-order valence-corrected chi connectivity index (χ3v) is 4.25. The molecule has 124 valence electrons. The minimum absolute atomic E-state index is 0.408. The molecule has 2 aromatic rings. The van der Waals surface area contributed by atoms with Gasteiger partial charge in [-0.25, -0.2) is 4.79 Å². The van der Waals surface area contributed by atoms with E-state index in [0.29, 0.717) is 0 Å². The van der Waals surface area contributed by atoms with Crippen LogP contribution in [-0.4, -0.2) is 11.7 Å². The second-order valence-corrected chi connectivity index (χ2v) is 6.31. The van der Waals surface area contributed by atoms with Gasteiger partial charge in [-0.2, -0.15) is 0 Å². The summed E-state index contributed by atoms with van der Waals surface area (Å²) < 4.78 is 0. The zero-order valence-electron chi connectivity index (χ0n) is 13.9. The fourth-order valence-corrected chi connectivity index (χ4v) is 2.93. The molecule has 0 N–H and O–H groups in total. The van der Waals surface area contributed by atoms with Crippen LogP contribution in [0.2, 0.25) is 0 Å². The maximum Gasteiger partial charge on any atom is 0.331 e. The summed E-state index contributed by atoms with van der Waals surface area (Å²) >= 11 is 1.71. The van der Waals surface area contributed by atoms with Crippen molar-refractivity contribution < 1.29 is 9.63 Å². The van der Waals surface area contributed by atoms with Crippen LogP contribution in [0.4, 0.5) is 0 Å². The molecule has 0 heterocycles. The third kappa shape index (κ3) is 6.05. The van der Waals surface area contributed by atoms with Gasteiger partial charge < -0.3 is 4.84 Å². The first-order valence-corrected chi connectivity index (χ1v) is 8.69.